The van der Waals surface area contributed by atoms with Crippen molar-refractivity contribution in [2.24, 2.45) is 5.41 Å². The van der Waals surface area contributed by atoms with Crippen LogP contribution >= 0.6 is 0 Å². The number of carbonyl (C=O) groups excluding carboxylic acids is 1. The van der Waals surface area contributed by atoms with Gasteiger partial charge in [-0.1, -0.05) is 45.0 Å². The lowest BCUT2D eigenvalue weighted by atomic mass is 9.95. The number of amides is 1. The maximum atomic E-state index is 11.9. The number of benzene rings is 1. The normalized spacial score (nSPS) is 16.3. The molecule has 1 atom stereocenters. The van der Waals surface area contributed by atoms with Gasteiger partial charge in [0.2, 0.25) is 5.91 Å². The van der Waals surface area contributed by atoms with Gasteiger partial charge in [-0.3, -0.25) is 9.78 Å². The molecule has 0 bridgehead atoms. The lowest BCUT2D eigenvalue weighted by Gasteiger charge is -2.27. The van der Waals surface area contributed by atoms with E-state index in [1.54, 1.807) is 6.20 Å². The summed E-state index contributed by atoms with van der Waals surface area (Å²) in [6.07, 6.45) is 6.66. The quantitative estimate of drug-likeness (QED) is 0.686. The van der Waals surface area contributed by atoms with E-state index in [0.29, 0.717) is 19.2 Å². The van der Waals surface area contributed by atoms with Crippen LogP contribution in [0.4, 0.5) is 0 Å². The topological polar surface area (TPSA) is 63.2 Å². The van der Waals surface area contributed by atoms with Crippen molar-refractivity contribution in [2.45, 2.75) is 46.1 Å². The number of pyridine rings is 1. The molecule has 1 aliphatic rings. The molecule has 0 radical (unpaired) electrons. The lowest BCUT2D eigenvalue weighted by molar-refractivity contribution is -0.128. The largest absolute Gasteiger partial charge is 0.490 e. The molecule has 5 nitrogen and oxygen atoms in total. The van der Waals surface area contributed by atoms with Crippen LogP contribution in [0.3, 0.4) is 0 Å². The minimum absolute atomic E-state index is 0.0984. The summed E-state index contributed by atoms with van der Waals surface area (Å²) in [5, 5.41) is 6.35. The van der Waals surface area contributed by atoms with E-state index in [1.165, 1.54) is 12.0 Å². The molecule has 1 aromatic heterocycles. The fourth-order valence-corrected chi connectivity index (χ4v) is 3.01. The van der Waals surface area contributed by atoms with Crippen molar-refractivity contribution in [3.8, 4) is 16.9 Å². The number of nitrogens with one attached hydrogen (secondary N) is 2. The van der Waals surface area contributed by atoms with E-state index >= 15 is 0 Å². The molecule has 1 saturated heterocycles. The third kappa shape index (κ3) is 5.80. The molecule has 0 unspecified atom stereocenters. The summed E-state index contributed by atoms with van der Waals surface area (Å²) in [5.41, 5.74) is 3.11. The molecular formula is C23H31N3O2. The molecule has 1 fully saturated rings. The van der Waals surface area contributed by atoms with Crippen LogP contribution < -0.4 is 15.4 Å². The molecule has 1 amide bonds. The maximum absolute atomic E-state index is 11.9. The van der Waals surface area contributed by atoms with Crippen molar-refractivity contribution in [1.29, 1.82) is 0 Å². The first-order chi connectivity index (χ1) is 13.4. The van der Waals surface area contributed by atoms with Crippen molar-refractivity contribution in [2.75, 3.05) is 19.7 Å². The Morgan fingerprint density at radius 3 is 2.79 bits per heavy atom. The van der Waals surface area contributed by atoms with Crippen LogP contribution in [0.15, 0.2) is 42.7 Å². The van der Waals surface area contributed by atoms with Crippen molar-refractivity contribution >= 4 is 5.91 Å². The van der Waals surface area contributed by atoms with Crippen LogP contribution in [0.25, 0.3) is 11.1 Å². The third-order valence-corrected chi connectivity index (χ3v) is 4.96. The average molecular weight is 382 g/mol. The Morgan fingerprint density at radius 2 is 2.07 bits per heavy atom. The van der Waals surface area contributed by atoms with Crippen molar-refractivity contribution in [1.82, 2.24) is 15.6 Å². The first kappa shape index (κ1) is 20.3. The molecule has 0 spiro atoms. The highest BCUT2D eigenvalue weighted by Gasteiger charge is 2.20. The van der Waals surface area contributed by atoms with Crippen LogP contribution in [0.1, 0.15) is 39.2 Å². The maximum Gasteiger partial charge on any atom is 0.225 e. The highest BCUT2D eigenvalue weighted by molar-refractivity contribution is 5.81. The van der Waals surface area contributed by atoms with Crippen LogP contribution in [-0.2, 0) is 11.2 Å². The van der Waals surface area contributed by atoms with Gasteiger partial charge >= 0.3 is 0 Å². The number of hydrogen-bond acceptors (Lipinski definition) is 4. The summed E-state index contributed by atoms with van der Waals surface area (Å²) in [6, 6.07) is 11.0. The Morgan fingerprint density at radius 1 is 1.25 bits per heavy atom. The van der Waals surface area contributed by atoms with Gasteiger partial charge in [0.25, 0.3) is 0 Å². The second-order valence-corrected chi connectivity index (χ2v) is 8.47. The zero-order valence-electron chi connectivity index (χ0n) is 17.1. The number of ether oxygens (including phenoxy) is 1. The van der Waals surface area contributed by atoms with Gasteiger partial charge in [0, 0.05) is 29.8 Å². The van der Waals surface area contributed by atoms with Gasteiger partial charge in [-0.05, 0) is 43.0 Å². The monoisotopic (exact) mass is 381 g/mol. The zero-order chi connectivity index (χ0) is 20.0. The Hall–Kier alpha value is -2.40. The number of aromatic nitrogens is 1. The van der Waals surface area contributed by atoms with E-state index in [4.69, 9.17) is 4.74 Å². The molecule has 0 saturated carbocycles. The van der Waals surface area contributed by atoms with Gasteiger partial charge in [-0.25, -0.2) is 0 Å². The Kier molecular flexibility index (Phi) is 6.68. The Bertz CT molecular complexity index is 794. The Balaban J connectivity index is 1.54. The van der Waals surface area contributed by atoms with Crippen molar-refractivity contribution in [3.05, 3.63) is 48.3 Å². The predicted molar refractivity (Wildman–Crippen MR) is 112 cm³/mol. The van der Waals surface area contributed by atoms with E-state index in [1.807, 2.05) is 33.0 Å². The highest BCUT2D eigenvalue weighted by Crippen LogP contribution is 2.24. The van der Waals surface area contributed by atoms with Crippen LogP contribution in [0.2, 0.25) is 0 Å². The smallest absolute Gasteiger partial charge is 0.225 e. The molecule has 2 aromatic rings. The molecule has 1 aliphatic heterocycles. The van der Waals surface area contributed by atoms with Gasteiger partial charge in [-0.2, -0.15) is 0 Å². The molecule has 1 aromatic carbocycles. The first-order valence-electron chi connectivity index (χ1n) is 10.1. The molecular weight excluding hydrogens is 350 g/mol. The zero-order valence-corrected chi connectivity index (χ0v) is 17.1. The number of aryl methyl sites for hydroxylation is 1. The number of rotatable bonds is 8. The van der Waals surface area contributed by atoms with Crippen molar-refractivity contribution in [3.63, 3.8) is 0 Å². The van der Waals surface area contributed by atoms with Gasteiger partial charge in [0.1, 0.15) is 12.4 Å². The van der Waals surface area contributed by atoms with Gasteiger partial charge in [-0.15, -0.1) is 0 Å². The predicted octanol–water partition coefficient (Wildman–Crippen LogP) is 3.58. The highest BCUT2D eigenvalue weighted by atomic mass is 16.5. The van der Waals surface area contributed by atoms with Crippen LogP contribution in [0, 0.1) is 5.41 Å². The van der Waals surface area contributed by atoms with E-state index in [0.717, 1.165) is 36.3 Å². The SMILES string of the molecule is CC(C)(C)C(=O)NCCCc1cccc(-c2cncc(OC[C@@H]3CCN3)c2)c1. The molecule has 2 N–H and O–H groups in total. The average Bonchev–Trinajstić information content (AvgIpc) is 2.63. The molecule has 150 valence electrons. The van der Waals surface area contributed by atoms with E-state index < -0.39 is 0 Å². The first-order valence-corrected chi connectivity index (χ1v) is 10.1. The number of hydrogen-bond donors (Lipinski definition) is 2. The van der Waals surface area contributed by atoms with Crippen LogP contribution in [-0.4, -0.2) is 36.6 Å². The minimum Gasteiger partial charge on any atom is -0.490 e. The molecule has 28 heavy (non-hydrogen) atoms. The summed E-state index contributed by atoms with van der Waals surface area (Å²) in [7, 11) is 0. The van der Waals surface area contributed by atoms with Gasteiger partial charge in [0.15, 0.2) is 0 Å². The molecule has 2 heterocycles. The summed E-state index contributed by atoms with van der Waals surface area (Å²) in [5.74, 6) is 0.905. The number of nitrogens with zero attached hydrogens (tertiary/aromatic N) is 1. The van der Waals surface area contributed by atoms with Gasteiger partial charge < -0.3 is 15.4 Å². The second kappa shape index (κ2) is 9.20. The molecule has 5 heteroatoms. The summed E-state index contributed by atoms with van der Waals surface area (Å²) in [4.78, 5) is 16.3. The van der Waals surface area contributed by atoms with E-state index in [9.17, 15) is 4.79 Å². The fraction of sp³-hybridized carbons (Fsp3) is 0.478. The summed E-state index contributed by atoms with van der Waals surface area (Å²) in [6.45, 7) is 8.26. The minimum atomic E-state index is -0.339. The van der Waals surface area contributed by atoms with Gasteiger partial charge in [0.05, 0.1) is 6.20 Å². The number of carbonyl (C=O) groups is 1. The Labute approximate surface area is 167 Å². The summed E-state index contributed by atoms with van der Waals surface area (Å²) < 4.78 is 5.87. The van der Waals surface area contributed by atoms with Crippen molar-refractivity contribution < 1.29 is 9.53 Å². The molecule has 0 aliphatic carbocycles. The van der Waals surface area contributed by atoms with E-state index in [2.05, 4.69) is 39.9 Å². The lowest BCUT2D eigenvalue weighted by Crippen LogP contribution is -2.46. The van der Waals surface area contributed by atoms with E-state index in [-0.39, 0.29) is 11.3 Å². The standard InChI is InChI=1S/C23H31N3O2/c1-23(2,3)22(27)26-10-5-7-17-6-4-8-18(12-17)19-13-21(15-24-14-19)28-16-20-9-11-25-20/h4,6,8,12-15,20,25H,5,7,9-11,16H2,1-3H3,(H,26,27)/t20-/m0/s1. The second-order valence-electron chi connectivity index (χ2n) is 8.47. The van der Waals surface area contributed by atoms with Crippen LogP contribution in [0.5, 0.6) is 5.75 Å². The third-order valence-electron chi connectivity index (χ3n) is 4.96. The fourth-order valence-electron chi connectivity index (χ4n) is 3.01. The molecule has 3 rings (SSSR count). The summed E-state index contributed by atoms with van der Waals surface area (Å²) >= 11 is 0.